The molecule has 0 bridgehead atoms. The van der Waals surface area contributed by atoms with E-state index in [1.54, 1.807) is 19.1 Å². The second-order valence-electron chi connectivity index (χ2n) is 7.18. The van der Waals surface area contributed by atoms with Gasteiger partial charge in [0.25, 0.3) is 0 Å². The number of hydrogen-bond acceptors (Lipinski definition) is 7. The van der Waals surface area contributed by atoms with Gasteiger partial charge in [-0.3, -0.25) is 15.2 Å². The zero-order chi connectivity index (χ0) is 23.6. The Bertz CT molecular complexity index is 860. The van der Waals surface area contributed by atoms with E-state index in [-0.39, 0.29) is 29.6 Å². The molecule has 0 saturated carbocycles. The number of likely N-dealkylation sites (N-methyl/N-ethyl adjacent to an activating group) is 1. The van der Waals surface area contributed by atoms with Gasteiger partial charge in [0.1, 0.15) is 11.4 Å². The van der Waals surface area contributed by atoms with Crippen molar-refractivity contribution in [1.82, 2.24) is 10.3 Å². The number of carbonyl (C=O) groups is 1. The maximum Gasteiger partial charge on any atom is 0.387 e. The standard InChI is InChI=1S/C17H17F2N3O2.C5H13NO/c1-10(2)22-14-6-11(9-23)8-21-16(14)15(20)12-4-3-5-13(7-12)24-17(18)19;1-4(6-3)5(2)7/h3-10,17,20,22H,1-2H3;4-7H,1-3H3/t;4-,5?/m.1/s1. The number of halogens is 2. The summed E-state index contributed by atoms with van der Waals surface area (Å²) in [5, 5.41) is 23.1. The van der Waals surface area contributed by atoms with E-state index in [0.29, 0.717) is 28.8 Å². The molecule has 0 amide bonds. The Morgan fingerprint density at radius 3 is 2.39 bits per heavy atom. The summed E-state index contributed by atoms with van der Waals surface area (Å²) in [7, 11) is 1.83. The van der Waals surface area contributed by atoms with E-state index in [0.717, 1.165) is 0 Å². The number of alkyl halides is 2. The van der Waals surface area contributed by atoms with E-state index in [1.807, 2.05) is 27.8 Å². The van der Waals surface area contributed by atoms with E-state index in [2.05, 4.69) is 20.4 Å². The summed E-state index contributed by atoms with van der Waals surface area (Å²) in [5.74, 6) is -0.0323. The third-order valence-corrected chi connectivity index (χ3v) is 4.25. The highest BCUT2D eigenvalue weighted by Crippen LogP contribution is 2.22. The third-order valence-electron chi connectivity index (χ3n) is 4.25. The number of aliphatic hydroxyl groups is 1. The lowest BCUT2D eigenvalue weighted by Crippen LogP contribution is -2.32. The first-order chi connectivity index (χ1) is 14.6. The van der Waals surface area contributed by atoms with Crippen molar-refractivity contribution < 1.29 is 23.4 Å². The Kier molecular flexibility index (Phi) is 10.7. The van der Waals surface area contributed by atoms with Gasteiger partial charge in [-0.15, -0.1) is 0 Å². The molecule has 0 fully saturated rings. The molecule has 1 aromatic carbocycles. The maximum atomic E-state index is 12.3. The van der Waals surface area contributed by atoms with Crippen LogP contribution in [0, 0.1) is 5.41 Å². The van der Waals surface area contributed by atoms with Gasteiger partial charge in [-0.05, 0) is 52.9 Å². The summed E-state index contributed by atoms with van der Waals surface area (Å²) in [6, 6.07) is 7.74. The van der Waals surface area contributed by atoms with Gasteiger partial charge in [-0.25, -0.2) is 0 Å². The van der Waals surface area contributed by atoms with Crippen molar-refractivity contribution in [1.29, 1.82) is 5.41 Å². The highest BCUT2D eigenvalue weighted by atomic mass is 19.3. The average molecular weight is 437 g/mol. The van der Waals surface area contributed by atoms with Crippen molar-refractivity contribution in [2.24, 2.45) is 0 Å². The van der Waals surface area contributed by atoms with Crippen LogP contribution in [0.3, 0.4) is 0 Å². The molecule has 31 heavy (non-hydrogen) atoms. The molecular formula is C22H30F2N4O3. The smallest absolute Gasteiger partial charge is 0.387 e. The predicted molar refractivity (Wildman–Crippen MR) is 118 cm³/mol. The molecule has 9 heteroatoms. The van der Waals surface area contributed by atoms with Crippen LogP contribution in [0.5, 0.6) is 5.75 Å². The van der Waals surface area contributed by atoms with Crippen LogP contribution in [-0.2, 0) is 0 Å². The first-order valence-corrected chi connectivity index (χ1v) is 9.80. The minimum atomic E-state index is -2.93. The van der Waals surface area contributed by atoms with Gasteiger partial charge >= 0.3 is 6.61 Å². The lowest BCUT2D eigenvalue weighted by molar-refractivity contribution is -0.0498. The van der Waals surface area contributed by atoms with Crippen LogP contribution in [0.15, 0.2) is 36.5 Å². The highest BCUT2D eigenvalue weighted by molar-refractivity contribution is 6.13. The zero-order valence-electron chi connectivity index (χ0n) is 18.3. The van der Waals surface area contributed by atoms with E-state index in [4.69, 9.17) is 10.5 Å². The van der Waals surface area contributed by atoms with Crippen molar-refractivity contribution in [3.63, 3.8) is 0 Å². The quantitative estimate of drug-likeness (QED) is 0.353. The summed E-state index contributed by atoms with van der Waals surface area (Å²) in [6.07, 6.45) is 1.79. The van der Waals surface area contributed by atoms with Gasteiger partial charge in [0, 0.05) is 29.4 Å². The molecule has 0 radical (unpaired) electrons. The Morgan fingerprint density at radius 2 is 1.90 bits per heavy atom. The number of nitrogens with zero attached hydrogens (tertiary/aromatic N) is 1. The number of aliphatic hydroxyl groups excluding tert-OH is 1. The number of pyridine rings is 1. The van der Waals surface area contributed by atoms with Crippen LogP contribution in [0.25, 0.3) is 0 Å². The largest absolute Gasteiger partial charge is 0.435 e. The topological polar surface area (TPSA) is 107 Å². The number of aldehydes is 1. The fourth-order valence-electron chi connectivity index (χ4n) is 2.37. The number of carbonyl (C=O) groups excluding carboxylic acids is 1. The average Bonchev–Trinajstić information content (AvgIpc) is 2.72. The van der Waals surface area contributed by atoms with Gasteiger partial charge in [-0.2, -0.15) is 8.78 Å². The molecule has 4 N–H and O–H groups in total. The van der Waals surface area contributed by atoms with Crippen LogP contribution in [-0.4, -0.2) is 53.9 Å². The number of hydrogen-bond donors (Lipinski definition) is 4. The van der Waals surface area contributed by atoms with Crippen molar-refractivity contribution >= 4 is 17.7 Å². The lowest BCUT2D eigenvalue weighted by Gasteiger charge is -2.15. The molecule has 0 aliphatic carbocycles. The van der Waals surface area contributed by atoms with E-state index < -0.39 is 6.61 Å². The molecule has 1 heterocycles. The van der Waals surface area contributed by atoms with Crippen LogP contribution in [0.1, 0.15) is 49.3 Å². The number of aromatic nitrogens is 1. The molecule has 2 rings (SSSR count). The molecular weight excluding hydrogens is 406 g/mol. The number of rotatable bonds is 9. The maximum absolute atomic E-state index is 12.3. The Balaban J connectivity index is 0.000000592. The predicted octanol–water partition coefficient (Wildman–Crippen LogP) is 3.71. The van der Waals surface area contributed by atoms with Gasteiger partial charge in [0.2, 0.25) is 0 Å². The van der Waals surface area contributed by atoms with Crippen LogP contribution >= 0.6 is 0 Å². The number of benzene rings is 1. The van der Waals surface area contributed by atoms with Gasteiger partial charge in [0.15, 0.2) is 6.29 Å². The summed E-state index contributed by atoms with van der Waals surface area (Å²) in [6.45, 7) is 4.60. The van der Waals surface area contributed by atoms with Gasteiger partial charge < -0.3 is 20.5 Å². The van der Waals surface area contributed by atoms with Crippen LogP contribution < -0.4 is 15.4 Å². The van der Waals surface area contributed by atoms with Crippen LogP contribution in [0.2, 0.25) is 0 Å². The van der Waals surface area contributed by atoms with Crippen molar-refractivity contribution in [3.8, 4) is 5.75 Å². The normalized spacial score (nSPS) is 12.6. The lowest BCUT2D eigenvalue weighted by atomic mass is 10.0. The molecule has 1 aromatic heterocycles. The second-order valence-corrected chi connectivity index (χ2v) is 7.18. The number of ether oxygens (including phenoxy) is 1. The van der Waals surface area contributed by atoms with E-state index in [1.165, 1.54) is 24.4 Å². The third kappa shape index (κ3) is 8.77. The van der Waals surface area contributed by atoms with Crippen molar-refractivity contribution in [3.05, 3.63) is 53.3 Å². The molecule has 2 atom stereocenters. The van der Waals surface area contributed by atoms with Crippen LogP contribution in [0.4, 0.5) is 14.5 Å². The first kappa shape index (κ1) is 26.1. The Hall–Kier alpha value is -2.91. The molecule has 1 unspecified atom stereocenters. The minimum Gasteiger partial charge on any atom is -0.435 e. The molecule has 0 aliphatic rings. The number of anilines is 1. The van der Waals surface area contributed by atoms with Gasteiger partial charge in [-0.1, -0.05) is 12.1 Å². The first-order valence-electron chi connectivity index (χ1n) is 9.80. The molecule has 0 saturated heterocycles. The highest BCUT2D eigenvalue weighted by Gasteiger charge is 2.15. The monoisotopic (exact) mass is 436 g/mol. The molecule has 0 aliphatic heterocycles. The van der Waals surface area contributed by atoms with Gasteiger partial charge in [0.05, 0.1) is 17.5 Å². The molecule has 170 valence electrons. The fraction of sp³-hybridized carbons (Fsp3) is 0.409. The fourth-order valence-corrected chi connectivity index (χ4v) is 2.37. The van der Waals surface area contributed by atoms with E-state index in [9.17, 15) is 13.6 Å². The summed E-state index contributed by atoms with van der Waals surface area (Å²) in [5.41, 5.74) is 1.65. The number of nitrogens with one attached hydrogen (secondary N) is 3. The molecule has 0 spiro atoms. The van der Waals surface area contributed by atoms with Crippen molar-refractivity contribution in [2.75, 3.05) is 12.4 Å². The van der Waals surface area contributed by atoms with Crippen molar-refractivity contribution in [2.45, 2.75) is 52.5 Å². The minimum absolute atomic E-state index is 0.0323. The summed E-state index contributed by atoms with van der Waals surface area (Å²) >= 11 is 0. The Morgan fingerprint density at radius 1 is 1.23 bits per heavy atom. The molecule has 2 aromatic rings. The Labute approximate surface area is 181 Å². The molecule has 7 nitrogen and oxygen atoms in total. The SMILES string of the molecule is CC(C)Nc1cc(C=O)cnc1C(=N)c1cccc(OC(F)F)c1.CN[C@H](C)C(C)O. The summed E-state index contributed by atoms with van der Waals surface area (Å²) < 4.78 is 29.0. The van der Waals surface area contributed by atoms with E-state index >= 15 is 0 Å². The summed E-state index contributed by atoms with van der Waals surface area (Å²) in [4.78, 5) is 15.1. The second kappa shape index (κ2) is 12.7. The zero-order valence-corrected chi connectivity index (χ0v) is 18.3.